The Morgan fingerprint density at radius 3 is 2.56 bits per heavy atom. The van der Waals surface area contributed by atoms with Crippen molar-refractivity contribution in [2.24, 2.45) is 0 Å². The molecule has 4 nitrogen and oxygen atoms in total. The molecule has 0 N–H and O–H groups in total. The Bertz CT molecular complexity index is 1200. The van der Waals surface area contributed by atoms with E-state index < -0.39 is 0 Å². The summed E-state index contributed by atoms with van der Waals surface area (Å²) in [5, 5.41) is 5.20. The van der Waals surface area contributed by atoms with E-state index in [1.807, 2.05) is 0 Å². The molecule has 124 valence electrons. The average Bonchev–Trinajstić information content (AvgIpc) is 3.11. The lowest BCUT2D eigenvalue weighted by atomic mass is 10.2. The van der Waals surface area contributed by atoms with E-state index in [2.05, 4.69) is 10.1 Å². The van der Waals surface area contributed by atoms with Gasteiger partial charge in [0.2, 0.25) is 4.96 Å². The molecule has 4 rings (SSSR count). The highest BCUT2D eigenvalue weighted by atomic mass is 35.5. The summed E-state index contributed by atoms with van der Waals surface area (Å²) in [7, 11) is 0. The molecule has 0 amide bonds. The summed E-state index contributed by atoms with van der Waals surface area (Å²) in [6.45, 7) is 0. The Morgan fingerprint density at radius 1 is 1.12 bits per heavy atom. The van der Waals surface area contributed by atoms with Crippen LogP contribution >= 0.6 is 34.5 Å². The van der Waals surface area contributed by atoms with Crippen molar-refractivity contribution in [3.05, 3.63) is 78.8 Å². The van der Waals surface area contributed by atoms with Gasteiger partial charge in [0.1, 0.15) is 5.82 Å². The third kappa shape index (κ3) is 3.04. The van der Waals surface area contributed by atoms with Crippen LogP contribution in [0.3, 0.4) is 0 Å². The number of nitrogens with zero attached hydrogens (tertiary/aromatic N) is 3. The first-order chi connectivity index (χ1) is 12.0. The summed E-state index contributed by atoms with van der Waals surface area (Å²) < 4.78 is 14.7. The predicted molar refractivity (Wildman–Crippen MR) is 97.8 cm³/mol. The molecule has 2 aromatic heterocycles. The molecule has 25 heavy (non-hydrogen) atoms. The van der Waals surface area contributed by atoms with E-state index in [9.17, 15) is 9.18 Å². The maximum Gasteiger partial charge on any atom is 0.291 e. The smallest absolute Gasteiger partial charge is 0.266 e. The Morgan fingerprint density at radius 2 is 1.88 bits per heavy atom. The van der Waals surface area contributed by atoms with Gasteiger partial charge in [-0.3, -0.25) is 4.79 Å². The second-order valence-corrected chi connectivity index (χ2v) is 7.07. The molecule has 0 saturated carbocycles. The monoisotopic (exact) mass is 391 g/mol. The van der Waals surface area contributed by atoms with Gasteiger partial charge in [-0.05, 0) is 48.0 Å². The Hall–Kier alpha value is -2.28. The SMILES string of the molecule is O=c1c(=Cc2ccc(Cl)cc2Cl)sc2nc(-c3ccc(F)cc3)nn12. The van der Waals surface area contributed by atoms with Crippen LogP contribution in [0.15, 0.2) is 47.3 Å². The lowest BCUT2D eigenvalue weighted by Crippen LogP contribution is -2.23. The van der Waals surface area contributed by atoms with Gasteiger partial charge in [-0.15, -0.1) is 5.10 Å². The first-order valence-corrected chi connectivity index (χ1v) is 8.71. The minimum atomic E-state index is -0.342. The van der Waals surface area contributed by atoms with Crippen molar-refractivity contribution in [3.8, 4) is 11.4 Å². The lowest BCUT2D eigenvalue weighted by Gasteiger charge is -1.97. The second-order valence-electron chi connectivity index (χ2n) is 5.22. The maximum absolute atomic E-state index is 13.0. The van der Waals surface area contributed by atoms with Gasteiger partial charge in [0.25, 0.3) is 5.56 Å². The second kappa shape index (κ2) is 6.22. The summed E-state index contributed by atoms with van der Waals surface area (Å²) in [6, 6.07) is 10.8. The molecule has 0 aliphatic rings. The van der Waals surface area contributed by atoms with E-state index in [4.69, 9.17) is 23.2 Å². The highest BCUT2D eigenvalue weighted by Crippen LogP contribution is 2.22. The molecule has 0 unspecified atom stereocenters. The molecule has 0 atom stereocenters. The Balaban J connectivity index is 1.81. The van der Waals surface area contributed by atoms with Crippen molar-refractivity contribution in [1.29, 1.82) is 0 Å². The summed E-state index contributed by atoms with van der Waals surface area (Å²) >= 11 is 13.2. The average molecular weight is 392 g/mol. The highest BCUT2D eigenvalue weighted by Gasteiger charge is 2.12. The van der Waals surface area contributed by atoms with Crippen molar-refractivity contribution < 1.29 is 4.39 Å². The molecule has 2 heterocycles. The molecule has 0 aliphatic carbocycles. The number of hydrogen-bond acceptors (Lipinski definition) is 4. The summed E-state index contributed by atoms with van der Waals surface area (Å²) in [4.78, 5) is 17.3. The zero-order valence-corrected chi connectivity index (χ0v) is 14.7. The van der Waals surface area contributed by atoms with Gasteiger partial charge in [0.05, 0.1) is 4.53 Å². The standard InChI is InChI=1S/C17H8Cl2FN3OS/c18-11-4-1-10(13(19)8-11)7-14-16(24)23-17(25-14)21-15(22-23)9-2-5-12(20)6-3-9/h1-8H. The largest absolute Gasteiger partial charge is 0.291 e. The molecule has 0 saturated heterocycles. The van der Waals surface area contributed by atoms with Crippen LogP contribution in [-0.4, -0.2) is 14.6 Å². The number of benzene rings is 2. The minimum Gasteiger partial charge on any atom is -0.266 e. The predicted octanol–water partition coefficient (Wildman–Crippen LogP) is 3.81. The van der Waals surface area contributed by atoms with E-state index >= 15 is 0 Å². The van der Waals surface area contributed by atoms with E-state index in [1.165, 1.54) is 28.0 Å². The third-order valence-electron chi connectivity index (χ3n) is 3.53. The van der Waals surface area contributed by atoms with E-state index in [1.54, 1.807) is 36.4 Å². The normalized spacial score (nSPS) is 12.2. The van der Waals surface area contributed by atoms with Gasteiger partial charge in [0.15, 0.2) is 5.82 Å². The molecular formula is C17H8Cl2FN3OS. The van der Waals surface area contributed by atoms with Gasteiger partial charge in [0, 0.05) is 15.6 Å². The molecule has 0 bridgehead atoms. The molecule has 0 fully saturated rings. The van der Waals surface area contributed by atoms with Crippen LogP contribution in [0.1, 0.15) is 5.56 Å². The molecule has 4 aromatic rings. The fourth-order valence-corrected chi connectivity index (χ4v) is 3.68. The fourth-order valence-electron chi connectivity index (χ4n) is 2.31. The molecular weight excluding hydrogens is 384 g/mol. The molecule has 0 radical (unpaired) electrons. The Labute approximate surface area is 154 Å². The summed E-state index contributed by atoms with van der Waals surface area (Å²) in [5.74, 6) is 0.0328. The van der Waals surface area contributed by atoms with E-state index in [0.29, 0.717) is 36.5 Å². The van der Waals surface area contributed by atoms with E-state index in [0.717, 1.165) is 0 Å². The number of rotatable bonds is 2. The maximum atomic E-state index is 13.0. The van der Waals surface area contributed by atoms with Crippen LogP contribution in [0.2, 0.25) is 10.0 Å². The molecule has 0 aliphatic heterocycles. The Kier molecular flexibility index (Phi) is 4.03. The first kappa shape index (κ1) is 16.2. The summed E-state index contributed by atoms with van der Waals surface area (Å²) in [6.07, 6.45) is 1.68. The first-order valence-electron chi connectivity index (χ1n) is 7.13. The quantitative estimate of drug-likeness (QED) is 0.521. The van der Waals surface area contributed by atoms with Crippen LogP contribution in [0, 0.1) is 5.82 Å². The minimum absolute atomic E-state index is 0.285. The van der Waals surface area contributed by atoms with Crippen molar-refractivity contribution in [2.45, 2.75) is 0 Å². The number of thiazole rings is 1. The lowest BCUT2D eigenvalue weighted by molar-refractivity contribution is 0.628. The summed E-state index contributed by atoms with van der Waals surface area (Å²) in [5.41, 5.74) is 1.04. The fraction of sp³-hybridized carbons (Fsp3) is 0. The van der Waals surface area contributed by atoms with Crippen LogP contribution < -0.4 is 10.1 Å². The van der Waals surface area contributed by atoms with Gasteiger partial charge >= 0.3 is 0 Å². The third-order valence-corrected chi connectivity index (χ3v) is 5.05. The van der Waals surface area contributed by atoms with Gasteiger partial charge < -0.3 is 0 Å². The highest BCUT2D eigenvalue weighted by molar-refractivity contribution is 7.15. The zero-order valence-electron chi connectivity index (χ0n) is 12.4. The number of halogens is 3. The topological polar surface area (TPSA) is 47.3 Å². The number of aromatic nitrogens is 3. The van der Waals surface area contributed by atoms with Crippen LogP contribution in [0.4, 0.5) is 4.39 Å². The van der Waals surface area contributed by atoms with Crippen molar-refractivity contribution >= 4 is 45.6 Å². The van der Waals surface area contributed by atoms with Crippen LogP contribution in [0.25, 0.3) is 22.4 Å². The zero-order chi connectivity index (χ0) is 17.6. The molecule has 0 spiro atoms. The van der Waals surface area contributed by atoms with Crippen LogP contribution in [-0.2, 0) is 0 Å². The molecule has 2 aromatic carbocycles. The van der Waals surface area contributed by atoms with Crippen molar-refractivity contribution in [3.63, 3.8) is 0 Å². The van der Waals surface area contributed by atoms with Crippen molar-refractivity contribution in [1.82, 2.24) is 14.6 Å². The molecule has 8 heteroatoms. The van der Waals surface area contributed by atoms with E-state index in [-0.39, 0.29) is 11.4 Å². The van der Waals surface area contributed by atoms with Gasteiger partial charge in [-0.1, -0.05) is 40.6 Å². The number of hydrogen-bond donors (Lipinski definition) is 0. The van der Waals surface area contributed by atoms with Gasteiger partial charge in [-0.25, -0.2) is 4.39 Å². The van der Waals surface area contributed by atoms with Gasteiger partial charge in [-0.2, -0.15) is 9.50 Å². The van der Waals surface area contributed by atoms with Crippen molar-refractivity contribution in [2.75, 3.05) is 0 Å². The van der Waals surface area contributed by atoms with Crippen LogP contribution in [0.5, 0.6) is 0 Å². The number of fused-ring (bicyclic) bond motifs is 1.